The molecule has 0 fully saturated rings. The SMILES string of the molecule is [B]c1ccc(Cl)cc1-c1cc2ccc(OC)cc2oc1=O. The molecule has 0 atom stereocenters. The first kappa shape index (κ1) is 13.8. The summed E-state index contributed by atoms with van der Waals surface area (Å²) >= 11 is 5.97. The van der Waals surface area contributed by atoms with Gasteiger partial charge in [-0.2, -0.15) is 0 Å². The van der Waals surface area contributed by atoms with Crippen molar-refractivity contribution < 1.29 is 9.15 Å². The van der Waals surface area contributed by atoms with Gasteiger partial charge in [0.15, 0.2) is 0 Å². The molecule has 0 aliphatic carbocycles. The predicted octanol–water partition coefficient (Wildman–Crippen LogP) is 2.92. The second kappa shape index (κ2) is 5.30. The third-order valence-corrected chi connectivity index (χ3v) is 3.48. The zero-order chi connectivity index (χ0) is 15.0. The third kappa shape index (κ3) is 2.54. The van der Waals surface area contributed by atoms with E-state index in [0.717, 1.165) is 5.39 Å². The molecule has 2 aromatic carbocycles. The molecule has 0 N–H and O–H groups in total. The number of hydrogen-bond donors (Lipinski definition) is 0. The zero-order valence-electron chi connectivity index (χ0n) is 11.2. The van der Waals surface area contributed by atoms with E-state index in [1.165, 1.54) is 0 Å². The predicted molar refractivity (Wildman–Crippen MR) is 84.9 cm³/mol. The number of hydrogen-bond acceptors (Lipinski definition) is 3. The molecular formula is C16H10BClO3. The normalized spacial score (nSPS) is 10.8. The summed E-state index contributed by atoms with van der Waals surface area (Å²) in [7, 11) is 7.48. The van der Waals surface area contributed by atoms with Crippen molar-refractivity contribution in [2.45, 2.75) is 0 Å². The molecule has 0 unspecified atom stereocenters. The fraction of sp³-hybridized carbons (Fsp3) is 0.0625. The summed E-state index contributed by atoms with van der Waals surface area (Å²) in [5.74, 6) is 0.626. The highest BCUT2D eigenvalue weighted by Crippen LogP contribution is 2.24. The van der Waals surface area contributed by atoms with E-state index in [9.17, 15) is 4.79 Å². The summed E-state index contributed by atoms with van der Waals surface area (Å²) < 4.78 is 10.5. The maximum Gasteiger partial charge on any atom is 0.344 e. The van der Waals surface area contributed by atoms with Gasteiger partial charge in [-0.3, -0.25) is 0 Å². The average molecular weight is 297 g/mol. The van der Waals surface area contributed by atoms with Crippen molar-refractivity contribution in [1.29, 1.82) is 0 Å². The Morgan fingerprint density at radius 3 is 2.67 bits per heavy atom. The summed E-state index contributed by atoms with van der Waals surface area (Å²) in [6, 6.07) is 12.0. The van der Waals surface area contributed by atoms with Crippen molar-refractivity contribution in [3.05, 3.63) is 57.9 Å². The van der Waals surface area contributed by atoms with E-state index in [1.807, 2.05) is 6.07 Å². The minimum Gasteiger partial charge on any atom is -0.497 e. The van der Waals surface area contributed by atoms with Crippen LogP contribution < -0.4 is 15.8 Å². The van der Waals surface area contributed by atoms with Gasteiger partial charge in [-0.05, 0) is 35.9 Å². The van der Waals surface area contributed by atoms with Crippen LogP contribution in [-0.2, 0) is 0 Å². The van der Waals surface area contributed by atoms with Crippen molar-refractivity contribution >= 4 is 35.9 Å². The first-order valence-electron chi connectivity index (χ1n) is 6.26. The Balaban J connectivity index is 2.26. The van der Waals surface area contributed by atoms with Crippen molar-refractivity contribution in [2.24, 2.45) is 0 Å². The van der Waals surface area contributed by atoms with Crippen LogP contribution in [0.15, 0.2) is 51.7 Å². The van der Waals surface area contributed by atoms with Gasteiger partial charge >= 0.3 is 5.63 Å². The lowest BCUT2D eigenvalue weighted by Gasteiger charge is -2.07. The average Bonchev–Trinajstić information content (AvgIpc) is 2.48. The Bertz CT molecular complexity index is 886. The van der Waals surface area contributed by atoms with Crippen LogP contribution in [-0.4, -0.2) is 15.0 Å². The van der Waals surface area contributed by atoms with Gasteiger partial charge in [0.1, 0.15) is 19.2 Å². The molecule has 0 saturated carbocycles. The Kier molecular flexibility index (Phi) is 3.48. The Labute approximate surface area is 127 Å². The summed E-state index contributed by atoms with van der Waals surface area (Å²) in [4.78, 5) is 12.2. The Morgan fingerprint density at radius 2 is 1.90 bits per heavy atom. The second-order valence-electron chi connectivity index (χ2n) is 4.58. The molecular weight excluding hydrogens is 286 g/mol. The van der Waals surface area contributed by atoms with E-state index >= 15 is 0 Å². The van der Waals surface area contributed by atoms with Crippen molar-refractivity contribution in [1.82, 2.24) is 0 Å². The van der Waals surface area contributed by atoms with Gasteiger partial charge in [0.25, 0.3) is 0 Å². The topological polar surface area (TPSA) is 39.4 Å². The molecule has 3 nitrogen and oxygen atoms in total. The molecule has 0 spiro atoms. The molecule has 0 amide bonds. The van der Waals surface area contributed by atoms with E-state index in [4.69, 9.17) is 28.6 Å². The van der Waals surface area contributed by atoms with Crippen LogP contribution in [0.3, 0.4) is 0 Å². The summed E-state index contributed by atoms with van der Waals surface area (Å²) in [6.45, 7) is 0. The van der Waals surface area contributed by atoms with Crippen molar-refractivity contribution in [3.8, 4) is 16.9 Å². The van der Waals surface area contributed by atoms with Gasteiger partial charge in [-0.1, -0.05) is 23.1 Å². The number of halogens is 1. The third-order valence-electron chi connectivity index (χ3n) is 3.25. The lowest BCUT2D eigenvalue weighted by Crippen LogP contribution is -2.12. The zero-order valence-corrected chi connectivity index (χ0v) is 12.0. The van der Waals surface area contributed by atoms with Crippen LogP contribution in [0.2, 0.25) is 5.02 Å². The molecule has 0 saturated heterocycles. The fourth-order valence-electron chi connectivity index (χ4n) is 2.17. The van der Waals surface area contributed by atoms with Crippen molar-refractivity contribution in [3.63, 3.8) is 0 Å². The highest BCUT2D eigenvalue weighted by atomic mass is 35.5. The van der Waals surface area contributed by atoms with Crippen LogP contribution in [0.25, 0.3) is 22.1 Å². The minimum atomic E-state index is -0.468. The quantitative estimate of drug-likeness (QED) is 0.539. The fourth-order valence-corrected chi connectivity index (χ4v) is 2.34. The number of rotatable bonds is 2. The maximum atomic E-state index is 12.2. The highest BCUT2D eigenvalue weighted by molar-refractivity contribution is 6.37. The molecule has 5 heteroatoms. The van der Waals surface area contributed by atoms with Crippen LogP contribution in [0.4, 0.5) is 0 Å². The molecule has 2 radical (unpaired) electrons. The molecule has 1 heterocycles. The van der Waals surface area contributed by atoms with E-state index in [-0.39, 0.29) is 0 Å². The molecule has 0 bridgehead atoms. The largest absolute Gasteiger partial charge is 0.497 e. The summed E-state index contributed by atoms with van der Waals surface area (Å²) in [6.07, 6.45) is 0. The lowest BCUT2D eigenvalue weighted by molar-refractivity contribution is 0.414. The summed E-state index contributed by atoms with van der Waals surface area (Å²) in [5.41, 5.74) is 1.41. The van der Waals surface area contributed by atoms with Gasteiger partial charge in [0.2, 0.25) is 0 Å². The minimum absolute atomic E-state index is 0.382. The van der Waals surface area contributed by atoms with Gasteiger partial charge in [0.05, 0.1) is 12.7 Å². The first-order chi connectivity index (χ1) is 10.1. The smallest absolute Gasteiger partial charge is 0.344 e. The highest BCUT2D eigenvalue weighted by Gasteiger charge is 2.11. The molecule has 102 valence electrons. The number of methoxy groups -OCH3 is 1. The summed E-state index contributed by atoms with van der Waals surface area (Å²) in [5, 5.41) is 1.29. The first-order valence-corrected chi connectivity index (χ1v) is 6.63. The Morgan fingerprint density at radius 1 is 1.10 bits per heavy atom. The lowest BCUT2D eigenvalue weighted by atomic mass is 9.87. The molecule has 21 heavy (non-hydrogen) atoms. The number of benzene rings is 2. The molecule has 0 aliphatic rings. The molecule has 0 aliphatic heterocycles. The van der Waals surface area contributed by atoms with Crippen molar-refractivity contribution in [2.75, 3.05) is 7.11 Å². The number of ether oxygens (including phenoxy) is 1. The molecule has 3 rings (SSSR count). The van der Waals surface area contributed by atoms with Gasteiger partial charge in [0, 0.05) is 16.5 Å². The number of fused-ring (bicyclic) bond motifs is 1. The van der Waals surface area contributed by atoms with Gasteiger partial charge in [-0.25, -0.2) is 4.79 Å². The monoisotopic (exact) mass is 296 g/mol. The van der Waals surface area contributed by atoms with Crippen LogP contribution in [0, 0.1) is 0 Å². The molecule has 3 aromatic rings. The van der Waals surface area contributed by atoms with Crippen LogP contribution >= 0.6 is 11.6 Å². The van der Waals surface area contributed by atoms with E-state index in [2.05, 4.69) is 0 Å². The standard InChI is InChI=1S/C16H10BClO3/c1-20-11-4-2-9-6-13(16(19)21-15(9)8-11)12-7-10(18)3-5-14(12)17/h2-8H,1H3. The van der Waals surface area contributed by atoms with E-state index < -0.39 is 5.63 Å². The second-order valence-corrected chi connectivity index (χ2v) is 5.02. The van der Waals surface area contributed by atoms with Gasteiger partial charge < -0.3 is 9.15 Å². The van der Waals surface area contributed by atoms with E-state index in [0.29, 0.717) is 32.9 Å². The van der Waals surface area contributed by atoms with Crippen LogP contribution in [0.1, 0.15) is 0 Å². The maximum absolute atomic E-state index is 12.2. The Hall–Kier alpha value is -2.20. The molecule has 1 aromatic heterocycles. The van der Waals surface area contributed by atoms with E-state index in [1.54, 1.807) is 43.5 Å². The van der Waals surface area contributed by atoms with Crippen LogP contribution in [0.5, 0.6) is 5.75 Å². The van der Waals surface area contributed by atoms with Gasteiger partial charge in [-0.15, -0.1) is 0 Å².